The number of thioether (sulfide) groups is 1. The van der Waals surface area contributed by atoms with Crippen LogP contribution in [0, 0.1) is 5.82 Å². The zero-order chi connectivity index (χ0) is 17.1. The largest absolute Gasteiger partial charge is 0.488 e. The topological polar surface area (TPSA) is 29.5 Å². The molecule has 1 amide bonds. The molecule has 0 N–H and O–H groups in total. The number of ether oxygens (including phenoxy) is 1. The maximum Gasteiger partial charge on any atom is 0.265 e. The predicted molar refractivity (Wildman–Crippen MR) is 98.1 cm³/mol. The first kappa shape index (κ1) is 16.7. The lowest BCUT2D eigenvalue weighted by atomic mass is 10.1. The number of likely N-dealkylation sites (N-methyl/N-ethyl adjacent to an activating group) is 1. The van der Waals surface area contributed by atoms with Crippen LogP contribution in [0.15, 0.2) is 53.4 Å². The van der Waals surface area contributed by atoms with Gasteiger partial charge in [-0.25, -0.2) is 4.39 Å². The van der Waals surface area contributed by atoms with Crippen LogP contribution < -0.4 is 4.74 Å². The van der Waals surface area contributed by atoms with Crippen LogP contribution in [0.25, 0.3) is 6.08 Å². The lowest BCUT2D eigenvalue weighted by Crippen LogP contribution is -2.22. The van der Waals surface area contributed by atoms with Gasteiger partial charge in [-0.2, -0.15) is 0 Å². The average molecular weight is 359 g/mol. The number of carbonyl (C=O) groups is 1. The molecule has 0 saturated carbocycles. The summed E-state index contributed by atoms with van der Waals surface area (Å²) in [5, 5.41) is 0. The fourth-order valence-corrected chi connectivity index (χ4v) is 3.33. The standard InChI is InChI=1S/C18H14FNO2S2/c1-20-17(21)16(24-18(20)23)10-13-4-2-3-5-15(13)22-11-12-6-8-14(19)9-7-12/h2-10H,11H2,1H3/b16-10+. The number of para-hydroxylation sites is 1. The number of hydrogen-bond donors (Lipinski definition) is 0. The molecule has 1 fully saturated rings. The van der Waals surface area contributed by atoms with Crippen LogP contribution in [0.1, 0.15) is 11.1 Å². The van der Waals surface area contributed by atoms with Crippen molar-refractivity contribution in [1.29, 1.82) is 0 Å². The fourth-order valence-electron chi connectivity index (χ4n) is 2.16. The van der Waals surface area contributed by atoms with Crippen molar-refractivity contribution in [3.8, 4) is 5.75 Å². The average Bonchev–Trinajstić information content (AvgIpc) is 2.82. The van der Waals surface area contributed by atoms with Crippen molar-refractivity contribution in [2.75, 3.05) is 7.05 Å². The second-order valence-electron chi connectivity index (χ2n) is 5.19. The zero-order valence-electron chi connectivity index (χ0n) is 12.9. The number of thiocarbonyl (C=S) groups is 1. The minimum atomic E-state index is -0.277. The number of hydrogen-bond acceptors (Lipinski definition) is 4. The molecule has 3 rings (SSSR count). The third-order valence-electron chi connectivity index (χ3n) is 3.50. The lowest BCUT2D eigenvalue weighted by Gasteiger charge is -2.10. The highest BCUT2D eigenvalue weighted by atomic mass is 32.2. The SMILES string of the molecule is CN1C(=O)/C(=C\c2ccccc2OCc2ccc(F)cc2)SC1=S. The van der Waals surface area contributed by atoms with Crippen molar-refractivity contribution < 1.29 is 13.9 Å². The van der Waals surface area contributed by atoms with Crippen molar-refractivity contribution in [2.24, 2.45) is 0 Å². The van der Waals surface area contributed by atoms with Crippen molar-refractivity contribution in [3.63, 3.8) is 0 Å². The maximum atomic E-state index is 12.9. The van der Waals surface area contributed by atoms with E-state index in [9.17, 15) is 9.18 Å². The molecule has 2 aromatic carbocycles. The Balaban J connectivity index is 1.79. The van der Waals surface area contributed by atoms with Crippen molar-refractivity contribution in [1.82, 2.24) is 4.90 Å². The van der Waals surface area contributed by atoms with Gasteiger partial charge in [0.05, 0.1) is 4.91 Å². The summed E-state index contributed by atoms with van der Waals surface area (Å²) in [6.07, 6.45) is 1.78. The summed E-state index contributed by atoms with van der Waals surface area (Å²) in [6.45, 7) is 0.319. The zero-order valence-corrected chi connectivity index (χ0v) is 14.5. The Morgan fingerprint density at radius 2 is 1.92 bits per heavy atom. The van der Waals surface area contributed by atoms with Gasteiger partial charge in [-0.3, -0.25) is 9.69 Å². The Hall–Kier alpha value is -2.18. The van der Waals surface area contributed by atoms with Gasteiger partial charge in [-0.15, -0.1) is 0 Å². The molecule has 0 spiro atoms. The number of halogens is 1. The molecule has 2 aromatic rings. The molecule has 1 aliphatic heterocycles. The predicted octanol–water partition coefficient (Wildman–Crippen LogP) is 4.24. The number of rotatable bonds is 4. The van der Waals surface area contributed by atoms with E-state index in [-0.39, 0.29) is 11.7 Å². The second kappa shape index (κ2) is 7.15. The molecule has 0 unspecified atom stereocenters. The van der Waals surface area contributed by atoms with E-state index in [1.807, 2.05) is 24.3 Å². The van der Waals surface area contributed by atoms with Crippen LogP contribution in [0.4, 0.5) is 4.39 Å². The number of carbonyl (C=O) groups excluding carboxylic acids is 1. The van der Waals surface area contributed by atoms with E-state index in [0.29, 0.717) is 21.6 Å². The maximum absolute atomic E-state index is 12.9. The normalized spacial score (nSPS) is 16.1. The second-order valence-corrected chi connectivity index (χ2v) is 6.87. The molecule has 0 atom stereocenters. The minimum absolute atomic E-state index is 0.113. The summed E-state index contributed by atoms with van der Waals surface area (Å²) >= 11 is 6.41. The van der Waals surface area contributed by atoms with Crippen LogP contribution in [0.2, 0.25) is 0 Å². The van der Waals surface area contributed by atoms with E-state index in [1.54, 1.807) is 25.3 Å². The van der Waals surface area contributed by atoms with E-state index in [1.165, 1.54) is 28.8 Å². The molecular formula is C18H14FNO2S2. The number of amides is 1. The van der Waals surface area contributed by atoms with Crippen LogP contribution in [0.3, 0.4) is 0 Å². The summed E-state index contributed by atoms with van der Waals surface area (Å²) in [4.78, 5) is 14.1. The highest BCUT2D eigenvalue weighted by Gasteiger charge is 2.28. The molecule has 1 aliphatic rings. The van der Waals surface area contributed by atoms with E-state index in [4.69, 9.17) is 17.0 Å². The molecule has 24 heavy (non-hydrogen) atoms. The molecule has 1 saturated heterocycles. The van der Waals surface area contributed by atoms with Crippen LogP contribution in [0.5, 0.6) is 5.75 Å². The summed E-state index contributed by atoms with van der Waals surface area (Å²) in [5.74, 6) is 0.266. The third kappa shape index (κ3) is 3.66. The van der Waals surface area contributed by atoms with Gasteiger partial charge in [0.15, 0.2) is 0 Å². The molecule has 0 aromatic heterocycles. The van der Waals surface area contributed by atoms with Crippen LogP contribution >= 0.6 is 24.0 Å². The van der Waals surface area contributed by atoms with Gasteiger partial charge in [0, 0.05) is 12.6 Å². The van der Waals surface area contributed by atoms with Gasteiger partial charge in [-0.1, -0.05) is 54.3 Å². The Morgan fingerprint density at radius 1 is 1.21 bits per heavy atom. The number of nitrogens with zero attached hydrogens (tertiary/aromatic N) is 1. The van der Waals surface area contributed by atoms with Crippen LogP contribution in [-0.4, -0.2) is 22.2 Å². The van der Waals surface area contributed by atoms with Crippen molar-refractivity contribution >= 4 is 40.3 Å². The van der Waals surface area contributed by atoms with E-state index < -0.39 is 0 Å². The van der Waals surface area contributed by atoms with Gasteiger partial charge in [0.1, 0.15) is 22.5 Å². The van der Waals surface area contributed by atoms with Crippen LogP contribution in [-0.2, 0) is 11.4 Å². The molecule has 1 heterocycles. The Kier molecular flexibility index (Phi) is 4.97. The van der Waals surface area contributed by atoms with Gasteiger partial charge < -0.3 is 4.74 Å². The smallest absolute Gasteiger partial charge is 0.265 e. The third-order valence-corrected chi connectivity index (χ3v) is 4.98. The molecular weight excluding hydrogens is 345 g/mol. The van der Waals surface area contributed by atoms with Gasteiger partial charge in [0.2, 0.25) is 0 Å². The molecule has 0 aliphatic carbocycles. The molecule has 6 heteroatoms. The summed E-state index contributed by atoms with van der Waals surface area (Å²) in [6, 6.07) is 13.6. The van der Waals surface area contributed by atoms with E-state index in [2.05, 4.69) is 0 Å². The van der Waals surface area contributed by atoms with E-state index in [0.717, 1.165) is 11.1 Å². The summed E-state index contributed by atoms with van der Waals surface area (Å²) in [5.41, 5.74) is 1.67. The van der Waals surface area contributed by atoms with Gasteiger partial charge in [-0.05, 0) is 29.8 Å². The molecule has 122 valence electrons. The molecule has 0 bridgehead atoms. The highest BCUT2D eigenvalue weighted by molar-refractivity contribution is 8.26. The highest BCUT2D eigenvalue weighted by Crippen LogP contribution is 2.33. The summed E-state index contributed by atoms with van der Waals surface area (Å²) in [7, 11) is 1.66. The molecule has 0 radical (unpaired) electrons. The Labute approximate surface area is 149 Å². The minimum Gasteiger partial charge on any atom is -0.488 e. The quantitative estimate of drug-likeness (QED) is 0.603. The first-order valence-electron chi connectivity index (χ1n) is 7.22. The van der Waals surface area contributed by atoms with Crippen molar-refractivity contribution in [3.05, 3.63) is 70.4 Å². The lowest BCUT2D eigenvalue weighted by molar-refractivity contribution is -0.121. The Morgan fingerprint density at radius 3 is 2.58 bits per heavy atom. The first-order valence-corrected chi connectivity index (χ1v) is 8.45. The summed E-state index contributed by atoms with van der Waals surface area (Å²) < 4.78 is 19.3. The fraction of sp³-hybridized carbons (Fsp3) is 0.111. The Bertz CT molecular complexity index is 818. The first-order chi connectivity index (χ1) is 11.5. The van der Waals surface area contributed by atoms with Gasteiger partial charge in [0.25, 0.3) is 5.91 Å². The van der Waals surface area contributed by atoms with E-state index >= 15 is 0 Å². The monoisotopic (exact) mass is 359 g/mol. The van der Waals surface area contributed by atoms with Gasteiger partial charge >= 0.3 is 0 Å². The molecule has 3 nitrogen and oxygen atoms in total. The van der Waals surface area contributed by atoms with Crippen molar-refractivity contribution in [2.45, 2.75) is 6.61 Å². The number of benzene rings is 2.